The van der Waals surface area contributed by atoms with Crippen molar-refractivity contribution in [3.63, 3.8) is 0 Å². The Kier molecular flexibility index (Phi) is 8.62. The standard InChI is InChI=1S/C15H25ClN2O2/c1-4-17-12-13-11-14(16)5-6-15(13)18(7-9-19-2)8-10-20-3/h5-6,11,17H,4,7-10,12H2,1-3H3. The van der Waals surface area contributed by atoms with E-state index < -0.39 is 0 Å². The van der Waals surface area contributed by atoms with Crippen molar-refractivity contribution in [2.24, 2.45) is 0 Å². The molecule has 0 fully saturated rings. The summed E-state index contributed by atoms with van der Waals surface area (Å²) < 4.78 is 10.4. The van der Waals surface area contributed by atoms with Gasteiger partial charge >= 0.3 is 0 Å². The quantitative estimate of drug-likeness (QED) is 0.720. The molecule has 0 amide bonds. The first-order valence-corrected chi connectivity index (χ1v) is 7.32. The molecule has 0 atom stereocenters. The van der Waals surface area contributed by atoms with E-state index >= 15 is 0 Å². The van der Waals surface area contributed by atoms with Crippen LogP contribution in [0.15, 0.2) is 18.2 Å². The second-order valence-corrected chi connectivity index (χ2v) is 4.96. The van der Waals surface area contributed by atoms with Gasteiger partial charge in [-0.3, -0.25) is 0 Å². The van der Waals surface area contributed by atoms with Crippen LogP contribution in [0.4, 0.5) is 5.69 Å². The molecule has 0 bridgehead atoms. The third kappa shape index (κ3) is 5.67. The Labute approximate surface area is 127 Å². The molecular formula is C15H25ClN2O2. The van der Waals surface area contributed by atoms with Crippen LogP contribution in [0.2, 0.25) is 5.02 Å². The fourth-order valence-electron chi connectivity index (χ4n) is 2.02. The Balaban J connectivity index is 2.90. The van der Waals surface area contributed by atoms with E-state index in [0.717, 1.165) is 31.2 Å². The molecule has 0 heterocycles. The summed E-state index contributed by atoms with van der Waals surface area (Å²) in [6, 6.07) is 6.02. The minimum absolute atomic E-state index is 0.687. The highest BCUT2D eigenvalue weighted by atomic mass is 35.5. The molecule has 0 aliphatic rings. The van der Waals surface area contributed by atoms with E-state index in [1.807, 2.05) is 12.1 Å². The maximum Gasteiger partial charge on any atom is 0.0637 e. The van der Waals surface area contributed by atoms with E-state index in [1.54, 1.807) is 14.2 Å². The lowest BCUT2D eigenvalue weighted by Crippen LogP contribution is -2.32. The minimum atomic E-state index is 0.687. The van der Waals surface area contributed by atoms with Gasteiger partial charge in [0.05, 0.1) is 13.2 Å². The van der Waals surface area contributed by atoms with Crippen LogP contribution in [0.5, 0.6) is 0 Å². The van der Waals surface area contributed by atoms with Crippen molar-refractivity contribution >= 4 is 17.3 Å². The Morgan fingerprint density at radius 2 is 1.80 bits per heavy atom. The average Bonchev–Trinajstić information content (AvgIpc) is 2.46. The highest BCUT2D eigenvalue weighted by molar-refractivity contribution is 6.30. The second kappa shape index (κ2) is 10.00. The molecule has 5 heteroatoms. The van der Waals surface area contributed by atoms with E-state index in [1.165, 1.54) is 11.3 Å². The summed E-state index contributed by atoms with van der Waals surface area (Å²) in [6.45, 7) is 6.88. The number of rotatable bonds is 10. The fourth-order valence-corrected chi connectivity index (χ4v) is 2.21. The van der Waals surface area contributed by atoms with Crippen LogP contribution in [0.3, 0.4) is 0 Å². The SMILES string of the molecule is CCNCc1cc(Cl)ccc1N(CCOC)CCOC. The molecule has 0 saturated heterocycles. The van der Waals surface area contributed by atoms with Crippen LogP contribution < -0.4 is 10.2 Å². The summed E-state index contributed by atoms with van der Waals surface area (Å²) in [5.41, 5.74) is 2.39. The number of anilines is 1. The Bertz CT molecular complexity index is 380. The lowest BCUT2D eigenvalue weighted by atomic mass is 10.1. The molecule has 1 rings (SSSR count). The van der Waals surface area contributed by atoms with Gasteiger partial charge in [0.1, 0.15) is 0 Å². The first-order chi connectivity index (χ1) is 9.72. The van der Waals surface area contributed by atoms with Gasteiger partial charge in [-0.1, -0.05) is 18.5 Å². The van der Waals surface area contributed by atoms with Crippen molar-refractivity contribution in [3.05, 3.63) is 28.8 Å². The van der Waals surface area contributed by atoms with E-state index in [9.17, 15) is 0 Å². The lowest BCUT2D eigenvalue weighted by Gasteiger charge is -2.27. The zero-order chi connectivity index (χ0) is 14.8. The molecule has 0 saturated carbocycles. The van der Waals surface area contributed by atoms with Gasteiger partial charge in [0.25, 0.3) is 0 Å². The molecule has 0 aliphatic heterocycles. The summed E-state index contributed by atoms with van der Waals surface area (Å²) in [5.74, 6) is 0. The van der Waals surface area contributed by atoms with Crippen molar-refractivity contribution in [3.8, 4) is 0 Å². The van der Waals surface area contributed by atoms with Gasteiger partial charge in [0.15, 0.2) is 0 Å². The van der Waals surface area contributed by atoms with Crippen molar-refractivity contribution in [1.82, 2.24) is 5.32 Å². The van der Waals surface area contributed by atoms with Crippen LogP contribution in [0.1, 0.15) is 12.5 Å². The zero-order valence-electron chi connectivity index (χ0n) is 12.6. The number of hydrogen-bond acceptors (Lipinski definition) is 4. The van der Waals surface area contributed by atoms with Gasteiger partial charge in [-0.05, 0) is 30.3 Å². The largest absolute Gasteiger partial charge is 0.383 e. The summed E-state index contributed by atoms with van der Waals surface area (Å²) in [4.78, 5) is 2.27. The van der Waals surface area contributed by atoms with E-state index in [0.29, 0.717) is 13.2 Å². The number of nitrogens with one attached hydrogen (secondary N) is 1. The molecular weight excluding hydrogens is 276 g/mol. The minimum Gasteiger partial charge on any atom is -0.383 e. The topological polar surface area (TPSA) is 33.7 Å². The molecule has 0 aliphatic carbocycles. The van der Waals surface area contributed by atoms with Crippen molar-refractivity contribution in [1.29, 1.82) is 0 Å². The number of ether oxygens (including phenoxy) is 2. The van der Waals surface area contributed by atoms with Gasteiger partial charge in [-0.15, -0.1) is 0 Å². The van der Waals surface area contributed by atoms with Crippen LogP contribution >= 0.6 is 11.6 Å². The number of benzene rings is 1. The maximum atomic E-state index is 6.11. The van der Waals surface area contributed by atoms with E-state index in [-0.39, 0.29) is 0 Å². The average molecular weight is 301 g/mol. The molecule has 1 N–H and O–H groups in total. The highest BCUT2D eigenvalue weighted by Gasteiger charge is 2.11. The van der Waals surface area contributed by atoms with Gasteiger partial charge in [-0.2, -0.15) is 0 Å². The van der Waals surface area contributed by atoms with Crippen LogP contribution in [-0.4, -0.2) is 47.1 Å². The third-order valence-corrected chi connectivity index (χ3v) is 3.31. The summed E-state index contributed by atoms with van der Waals surface area (Å²) in [5, 5.41) is 4.12. The van der Waals surface area contributed by atoms with Gasteiger partial charge in [-0.25, -0.2) is 0 Å². The Morgan fingerprint density at radius 1 is 1.15 bits per heavy atom. The van der Waals surface area contributed by atoms with E-state index in [2.05, 4.69) is 23.2 Å². The Hall–Kier alpha value is -0.810. The second-order valence-electron chi connectivity index (χ2n) is 4.53. The molecule has 1 aromatic rings. The van der Waals surface area contributed by atoms with Gasteiger partial charge in [0, 0.05) is 44.6 Å². The first kappa shape index (κ1) is 17.2. The predicted molar refractivity (Wildman–Crippen MR) is 84.8 cm³/mol. The summed E-state index contributed by atoms with van der Waals surface area (Å²) >= 11 is 6.11. The molecule has 0 radical (unpaired) electrons. The lowest BCUT2D eigenvalue weighted by molar-refractivity contribution is 0.190. The fraction of sp³-hybridized carbons (Fsp3) is 0.600. The van der Waals surface area contributed by atoms with Crippen LogP contribution in [0.25, 0.3) is 0 Å². The van der Waals surface area contributed by atoms with Crippen LogP contribution in [-0.2, 0) is 16.0 Å². The molecule has 114 valence electrons. The number of methoxy groups -OCH3 is 2. The number of halogens is 1. The maximum absolute atomic E-state index is 6.11. The molecule has 20 heavy (non-hydrogen) atoms. The van der Waals surface area contributed by atoms with Crippen LogP contribution in [0, 0.1) is 0 Å². The highest BCUT2D eigenvalue weighted by Crippen LogP contribution is 2.24. The van der Waals surface area contributed by atoms with E-state index in [4.69, 9.17) is 21.1 Å². The first-order valence-electron chi connectivity index (χ1n) is 6.94. The van der Waals surface area contributed by atoms with Crippen molar-refractivity contribution < 1.29 is 9.47 Å². The smallest absolute Gasteiger partial charge is 0.0637 e. The molecule has 0 unspecified atom stereocenters. The third-order valence-electron chi connectivity index (χ3n) is 3.08. The van der Waals surface area contributed by atoms with Gasteiger partial charge in [0.2, 0.25) is 0 Å². The molecule has 0 aromatic heterocycles. The zero-order valence-corrected chi connectivity index (χ0v) is 13.4. The van der Waals surface area contributed by atoms with Crippen molar-refractivity contribution in [2.75, 3.05) is 52.0 Å². The predicted octanol–water partition coefficient (Wildman–Crippen LogP) is 2.55. The normalized spacial score (nSPS) is 10.8. The monoisotopic (exact) mass is 300 g/mol. The Morgan fingerprint density at radius 3 is 2.35 bits per heavy atom. The number of hydrogen-bond donors (Lipinski definition) is 1. The summed E-state index contributed by atoms with van der Waals surface area (Å²) in [7, 11) is 3.44. The number of nitrogens with zero attached hydrogens (tertiary/aromatic N) is 1. The summed E-state index contributed by atoms with van der Waals surface area (Å²) in [6.07, 6.45) is 0. The molecule has 0 spiro atoms. The molecule has 1 aromatic carbocycles. The molecule has 4 nitrogen and oxygen atoms in total. The van der Waals surface area contributed by atoms with Crippen molar-refractivity contribution in [2.45, 2.75) is 13.5 Å². The van der Waals surface area contributed by atoms with Gasteiger partial charge < -0.3 is 19.7 Å².